The molecule has 0 aliphatic heterocycles. The van der Waals surface area contributed by atoms with Crippen LogP contribution in [0, 0.1) is 11.6 Å². The smallest absolute Gasteiger partial charge is 0.232 e. The molecule has 0 amide bonds. The van der Waals surface area contributed by atoms with E-state index in [1.165, 1.54) is 6.20 Å². The molecular weight excluding hydrogens is 324 g/mol. The van der Waals surface area contributed by atoms with Crippen molar-refractivity contribution in [1.29, 1.82) is 0 Å². The largest absolute Gasteiger partial charge is 0.452 e. The predicted molar refractivity (Wildman–Crippen MR) is 84.5 cm³/mol. The minimum Gasteiger partial charge on any atom is -0.452 e. The lowest BCUT2D eigenvalue weighted by Gasteiger charge is -2.13. The SMILES string of the molecule is CN(C)C=C(Oc1ccc(Cl)cc1)C(=O)c1ccc(F)cc1F. The monoisotopic (exact) mass is 337 g/mol. The Morgan fingerprint density at radius 3 is 2.35 bits per heavy atom. The van der Waals surface area contributed by atoms with Crippen molar-refractivity contribution < 1.29 is 18.3 Å². The first-order valence-corrected chi connectivity index (χ1v) is 7.06. The third-order valence-corrected chi connectivity index (χ3v) is 3.07. The van der Waals surface area contributed by atoms with Crippen LogP contribution in [0.15, 0.2) is 54.4 Å². The van der Waals surface area contributed by atoms with Crippen LogP contribution in [-0.2, 0) is 0 Å². The highest BCUT2D eigenvalue weighted by Crippen LogP contribution is 2.21. The second-order valence-electron chi connectivity index (χ2n) is 4.97. The highest BCUT2D eigenvalue weighted by molar-refractivity contribution is 6.30. The molecule has 0 unspecified atom stereocenters. The second kappa shape index (κ2) is 7.24. The Balaban J connectivity index is 2.34. The molecule has 0 saturated heterocycles. The number of ether oxygens (including phenoxy) is 1. The third-order valence-electron chi connectivity index (χ3n) is 2.82. The van der Waals surface area contributed by atoms with Gasteiger partial charge in [-0.2, -0.15) is 0 Å². The Labute approximate surface area is 137 Å². The van der Waals surface area contributed by atoms with E-state index in [2.05, 4.69) is 0 Å². The van der Waals surface area contributed by atoms with E-state index in [1.807, 2.05) is 0 Å². The summed E-state index contributed by atoms with van der Waals surface area (Å²) in [5, 5.41) is 0.520. The molecule has 6 heteroatoms. The van der Waals surface area contributed by atoms with Gasteiger partial charge in [0.25, 0.3) is 0 Å². The molecule has 2 rings (SSSR count). The third kappa shape index (κ3) is 4.53. The number of ketones is 1. The minimum absolute atomic E-state index is 0.0946. The van der Waals surface area contributed by atoms with Gasteiger partial charge in [0.1, 0.15) is 17.4 Å². The van der Waals surface area contributed by atoms with Gasteiger partial charge in [-0.05, 0) is 36.4 Å². The topological polar surface area (TPSA) is 29.5 Å². The van der Waals surface area contributed by atoms with Crippen molar-refractivity contribution in [1.82, 2.24) is 4.90 Å². The van der Waals surface area contributed by atoms with Crippen molar-refractivity contribution in [3.05, 3.63) is 76.6 Å². The number of nitrogens with zero attached hydrogens (tertiary/aromatic N) is 1. The van der Waals surface area contributed by atoms with E-state index < -0.39 is 17.4 Å². The first-order valence-electron chi connectivity index (χ1n) is 6.68. The number of carbonyl (C=O) groups is 1. The first kappa shape index (κ1) is 17.0. The molecule has 0 atom stereocenters. The van der Waals surface area contributed by atoms with E-state index in [0.717, 1.165) is 12.1 Å². The van der Waals surface area contributed by atoms with Crippen LogP contribution in [0.4, 0.5) is 8.78 Å². The molecule has 120 valence electrons. The van der Waals surface area contributed by atoms with Crippen LogP contribution in [0.5, 0.6) is 5.75 Å². The van der Waals surface area contributed by atoms with Crippen LogP contribution in [0.25, 0.3) is 0 Å². The number of hydrogen-bond donors (Lipinski definition) is 0. The summed E-state index contributed by atoms with van der Waals surface area (Å²) in [6.45, 7) is 0. The zero-order valence-corrected chi connectivity index (χ0v) is 13.3. The highest BCUT2D eigenvalue weighted by atomic mass is 35.5. The van der Waals surface area contributed by atoms with E-state index in [1.54, 1.807) is 43.3 Å². The maximum atomic E-state index is 13.8. The van der Waals surface area contributed by atoms with Crippen LogP contribution < -0.4 is 4.74 Å². The van der Waals surface area contributed by atoms with Gasteiger partial charge in [0.15, 0.2) is 5.76 Å². The van der Waals surface area contributed by atoms with Gasteiger partial charge >= 0.3 is 0 Å². The molecule has 3 nitrogen and oxygen atoms in total. The molecule has 0 fully saturated rings. The van der Waals surface area contributed by atoms with Gasteiger partial charge in [-0.25, -0.2) is 8.78 Å². The highest BCUT2D eigenvalue weighted by Gasteiger charge is 2.19. The lowest BCUT2D eigenvalue weighted by molar-refractivity contribution is 0.0978. The van der Waals surface area contributed by atoms with Gasteiger partial charge in [-0.3, -0.25) is 4.79 Å². The summed E-state index contributed by atoms with van der Waals surface area (Å²) >= 11 is 5.80. The van der Waals surface area contributed by atoms with Crippen LogP contribution >= 0.6 is 11.6 Å². The molecule has 2 aromatic rings. The number of benzene rings is 2. The fourth-order valence-corrected chi connectivity index (χ4v) is 1.93. The Hall–Kier alpha value is -2.40. The zero-order chi connectivity index (χ0) is 17.0. The maximum Gasteiger partial charge on any atom is 0.232 e. The Kier molecular flexibility index (Phi) is 5.34. The van der Waals surface area contributed by atoms with Crippen LogP contribution in [0.1, 0.15) is 10.4 Å². The van der Waals surface area contributed by atoms with E-state index in [4.69, 9.17) is 16.3 Å². The van der Waals surface area contributed by atoms with Crippen molar-refractivity contribution in [3.63, 3.8) is 0 Å². The van der Waals surface area contributed by atoms with Gasteiger partial charge in [0.2, 0.25) is 5.78 Å². The fourth-order valence-electron chi connectivity index (χ4n) is 1.80. The van der Waals surface area contributed by atoms with Crippen molar-refractivity contribution in [2.75, 3.05) is 14.1 Å². The second-order valence-corrected chi connectivity index (χ2v) is 5.40. The van der Waals surface area contributed by atoms with Gasteiger partial charge in [-0.1, -0.05) is 11.6 Å². The molecule has 0 saturated carbocycles. The van der Waals surface area contributed by atoms with Gasteiger partial charge in [0.05, 0.1) is 5.56 Å². The van der Waals surface area contributed by atoms with Crippen molar-refractivity contribution in [2.24, 2.45) is 0 Å². The number of halogens is 3. The molecule has 0 radical (unpaired) electrons. The average Bonchev–Trinajstić information content (AvgIpc) is 2.48. The Morgan fingerprint density at radius 2 is 1.78 bits per heavy atom. The van der Waals surface area contributed by atoms with Gasteiger partial charge in [0, 0.05) is 31.4 Å². The Morgan fingerprint density at radius 1 is 1.13 bits per heavy atom. The van der Waals surface area contributed by atoms with E-state index in [-0.39, 0.29) is 11.3 Å². The van der Waals surface area contributed by atoms with Crippen LogP contribution in [-0.4, -0.2) is 24.8 Å². The summed E-state index contributed by atoms with van der Waals surface area (Å²) in [5.41, 5.74) is -0.270. The molecule has 23 heavy (non-hydrogen) atoms. The summed E-state index contributed by atoms with van der Waals surface area (Å²) in [7, 11) is 3.39. The first-order chi connectivity index (χ1) is 10.9. The predicted octanol–water partition coefficient (Wildman–Crippen LogP) is 4.28. The number of allylic oxidation sites excluding steroid dienone is 1. The van der Waals surface area contributed by atoms with E-state index >= 15 is 0 Å². The molecule has 0 heterocycles. The molecule has 0 aromatic heterocycles. The summed E-state index contributed by atoms with van der Waals surface area (Å²) < 4.78 is 32.3. The van der Waals surface area contributed by atoms with Gasteiger partial charge < -0.3 is 9.64 Å². The number of hydrogen-bond acceptors (Lipinski definition) is 3. The van der Waals surface area contributed by atoms with Gasteiger partial charge in [-0.15, -0.1) is 0 Å². The summed E-state index contributed by atoms with van der Waals surface area (Å²) in [6, 6.07) is 9.14. The number of carbonyl (C=O) groups excluding carboxylic acids is 1. The standard InChI is InChI=1S/C17H14ClF2NO2/c1-21(2)10-16(23-13-6-3-11(18)4-7-13)17(22)14-8-5-12(19)9-15(14)20/h3-10H,1-2H3. The molecule has 0 spiro atoms. The lowest BCUT2D eigenvalue weighted by Crippen LogP contribution is -2.15. The summed E-state index contributed by atoms with van der Waals surface area (Å²) in [6.07, 6.45) is 1.42. The fraction of sp³-hybridized carbons (Fsp3) is 0.118. The minimum atomic E-state index is -0.945. The molecule has 0 bridgehead atoms. The average molecular weight is 338 g/mol. The zero-order valence-electron chi connectivity index (χ0n) is 12.5. The number of rotatable bonds is 5. The van der Waals surface area contributed by atoms with E-state index in [9.17, 15) is 13.6 Å². The number of Topliss-reactive ketones (excluding diaryl/α,β-unsaturated/α-hetero) is 1. The molecular formula is C17H14ClF2NO2. The maximum absolute atomic E-state index is 13.8. The van der Waals surface area contributed by atoms with Crippen LogP contribution in [0.2, 0.25) is 5.02 Å². The molecule has 0 N–H and O–H groups in total. The molecule has 0 aliphatic carbocycles. The van der Waals surface area contributed by atoms with Crippen molar-refractivity contribution in [2.45, 2.75) is 0 Å². The molecule has 2 aromatic carbocycles. The summed E-state index contributed by atoms with van der Waals surface area (Å²) in [4.78, 5) is 14.1. The molecule has 0 aliphatic rings. The quantitative estimate of drug-likeness (QED) is 0.463. The van der Waals surface area contributed by atoms with Crippen molar-refractivity contribution in [3.8, 4) is 5.75 Å². The lowest BCUT2D eigenvalue weighted by atomic mass is 10.1. The van der Waals surface area contributed by atoms with Crippen molar-refractivity contribution >= 4 is 17.4 Å². The van der Waals surface area contributed by atoms with E-state index in [0.29, 0.717) is 16.8 Å². The van der Waals surface area contributed by atoms with Crippen LogP contribution in [0.3, 0.4) is 0 Å². The normalized spacial score (nSPS) is 11.3. The Bertz CT molecular complexity index is 743. The summed E-state index contributed by atoms with van der Waals surface area (Å²) in [5.74, 6) is -2.11.